The first-order valence-electron chi connectivity index (χ1n) is 10.3. The Labute approximate surface area is 186 Å². The topological polar surface area (TPSA) is 128 Å². The molecule has 1 N–H and O–H groups in total. The van der Waals surface area contributed by atoms with Gasteiger partial charge in [0.2, 0.25) is 10.0 Å². The molecule has 0 saturated carbocycles. The molecule has 1 saturated heterocycles. The highest BCUT2D eigenvalue weighted by atomic mass is 32.2. The van der Waals surface area contributed by atoms with Gasteiger partial charge in [-0.15, -0.1) is 0 Å². The Kier molecular flexibility index (Phi) is 7.64. The molecule has 0 bridgehead atoms. The van der Waals surface area contributed by atoms with Gasteiger partial charge in [0, 0.05) is 30.8 Å². The number of carbonyl (C=O) groups excluding carboxylic acids is 2. The van der Waals surface area contributed by atoms with Crippen LogP contribution in [0.15, 0.2) is 33.7 Å². The van der Waals surface area contributed by atoms with E-state index >= 15 is 0 Å². The molecule has 0 aliphatic carbocycles. The maximum absolute atomic E-state index is 12.7. The van der Waals surface area contributed by atoms with Gasteiger partial charge in [-0.05, 0) is 51.5 Å². The summed E-state index contributed by atoms with van der Waals surface area (Å²) in [4.78, 5) is 24.6. The van der Waals surface area contributed by atoms with Gasteiger partial charge in [-0.25, -0.2) is 8.42 Å². The molecule has 1 aliphatic rings. The predicted molar refractivity (Wildman–Crippen MR) is 115 cm³/mol. The van der Waals surface area contributed by atoms with Gasteiger partial charge in [0.1, 0.15) is 5.76 Å². The lowest BCUT2D eigenvalue weighted by Crippen LogP contribution is -2.40. The number of hydrogen-bond acceptors (Lipinski definition) is 8. The molecule has 0 unspecified atom stereocenters. The SMILES string of the molecule is Cc1noc(C)c1CCC(=O)O[C@@H](C)C(=O)Nc1ccc(S(=O)(=O)N2CCOCC2)cc1. The van der Waals surface area contributed by atoms with Crippen molar-refractivity contribution < 1.29 is 32.0 Å². The molecular formula is C21H27N3O7S. The quantitative estimate of drug-likeness (QED) is 0.585. The molecule has 174 valence electrons. The lowest BCUT2D eigenvalue weighted by Gasteiger charge is -2.26. The van der Waals surface area contributed by atoms with Crippen molar-refractivity contribution in [3.63, 3.8) is 0 Å². The van der Waals surface area contributed by atoms with Crippen molar-refractivity contribution in [2.75, 3.05) is 31.6 Å². The Morgan fingerprint density at radius 1 is 1.19 bits per heavy atom. The van der Waals surface area contributed by atoms with Crippen molar-refractivity contribution >= 4 is 27.6 Å². The second-order valence-electron chi connectivity index (χ2n) is 7.46. The van der Waals surface area contributed by atoms with Crippen LogP contribution in [0.1, 0.15) is 30.4 Å². The van der Waals surface area contributed by atoms with Gasteiger partial charge >= 0.3 is 5.97 Å². The maximum atomic E-state index is 12.7. The predicted octanol–water partition coefficient (Wildman–Crippen LogP) is 1.82. The molecule has 1 aromatic carbocycles. The molecule has 1 fully saturated rings. The molecule has 2 aromatic rings. The van der Waals surface area contributed by atoms with E-state index in [4.69, 9.17) is 14.0 Å². The van der Waals surface area contributed by atoms with E-state index in [0.29, 0.717) is 44.2 Å². The lowest BCUT2D eigenvalue weighted by molar-refractivity contribution is -0.153. The Hall–Kier alpha value is -2.76. The number of ether oxygens (including phenoxy) is 2. The van der Waals surface area contributed by atoms with Crippen molar-refractivity contribution in [3.8, 4) is 0 Å². The second-order valence-corrected chi connectivity index (χ2v) is 9.40. The van der Waals surface area contributed by atoms with Crippen LogP contribution < -0.4 is 5.32 Å². The number of amides is 1. The summed E-state index contributed by atoms with van der Waals surface area (Å²) < 4.78 is 42.1. The molecule has 1 aliphatic heterocycles. The largest absolute Gasteiger partial charge is 0.453 e. The fourth-order valence-corrected chi connectivity index (χ4v) is 4.69. The molecule has 10 nitrogen and oxygen atoms in total. The summed E-state index contributed by atoms with van der Waals surface area (Å²) in [6.07, 6.45) is -0.508. The lowest BCUT2D eigenvalue weighted by atomic mass is 10.1. The number of nitrogens with one attached hydrogen (secondary N) is 1. The minimum absolute atomic E-state index is 0.0919. The molecular weight excluding hydrogens is 438 g/mol. The first kappa shape index (κ1) is 23.9. The number of anilines is 1. The second kappa shape index (κ2) is 10.2. The molecule has 1 aromatic heterocycles. The van der Waals surface area contributed by atoms with Gasteiger partial charge in [0.15, 0.2) is 6.10 Å². The number of aryl methyl sites for hydroxylation is 2. The van der Waals surface area contributed by atoms with E-state index in [1.54, 1.807) is 13.8 Å². The monoisotopic (exact) mass is 465 g/mol. The number of esters is 1. The van der Waals surface area contributed by atoms with Crippen molar-refractivity contribution in [1.29, 1.82) is 0 Å². The van der Waals surface area contributed by atoms with Crippen LogP contribution in [0.4, 0.5) is 5.69 Å². The summed E-state index contributed by atoms with van der Waals surface area (Å²) in [6.45, 7) is 6.38. The van der Waals surface area contributed by atoms with Gasteiger partial charge in [0.25, 0.3) is 5.91 Å². The van der Waals surface area contributed by atoms with Crippen LogP contribution in [0.25, 0.3) is 0 Å². The van der Waals surface area contributed by atoms with Crippen LogP contribution in [0.3, 0.4) is 0 Å². The Bertz CT molecular complexity index is 1040. The number of sulfonamides is 1. The van der Waals surface area contributed by atoms with Crippen LogP contribution >= 0.6 is 0 Å². The average molecular weight is 466 g/mol. The summed E-state index contributed by atoms with van der Waals surface area (Å²) in [6, 6.07) is 5.86. The van der Waals surface area contributed by atoms with Gasteiger partial charge < -0.3 is 19.3 Å². The zero-order chi connectivity index (χ0) is 23.3. The Balaban J connectivity index is 1.51. The average Bonchev–Trinajstić information content (AvgIpc) is 3.10. The summed E-state index contributed by atoms with van der Waals surface area (Å²) in [5.74, 6) is -0.376. The number of morpholine rings is 1. The zero-order valence-corrected chi connectivity index (χ0v) is 19.1. The van der Waals surface area contributed by atoms with Crippen LogP contribution in [-0.2, 0) is 35.5 Å². The van der Waals surface area contributed by atoms with Crippen LogP contribution in [0.5, 0.6) is 0 Å². The van der Waals surface area contributed by atoms with E-state index in [-0.39, 0.29) is 11.3 Å². The van der Waals surface area contributed by atoms with Crippen LogP contribution in [-0.4, -0.2) is 62.2 Å². The molecule has 32 heavy (non-hydrogen) atoms. The summed E-state index contributed by atoms with van der Waals surface area (Å²) in [5.41, 5.74) is 1.97. The van der Waals surface area contributed by atoms with Crippen LogP contribution in [0, 0.1) is 13.8 Å². The first-order valence-corrected chi connectivity index (χ1v) is 11.7. The Morgan fingerprint density at radius 2 is 1.84 bits per heavy atom. The number of carbonyl (C=O) groups is 2. The van der Waals surface area contributed by atoms with E-state index in [9.17, 15) is 18.0 Å². The van der Waals surface area contributed by atoms with Gasteiger partial charge in [-0.1, -0.05) is 5.16 Å². The number of nitrogens with zero attached hydrogens (tertiary/aromatic N) is 2. The Morgan fingerprint density at radius 3 is 2.44 bits per heavy atom. The van der Waals surface area contributed by atoms with Crippen molar-refractivity contribution in [3.05, 3.63) is 41.3 Å². The fraction of sp³-hybridized carbons (Fsp3) is 0.476. The third-order valence-electron chi connectivity index (χ3n) is 5.17. The number of rotatable bonds is 8. The van der Waals surface area contributed by atoms with E-state index in [1.807, 2.05) is 0 Å². The highest BCUT2D eigenvalue weighted by Gasteiger charge is 2.26. The third kappa shape index (κ3) is 5.72. The number of aromatic nitrogens is 1. The molecule has 1 atom stereocenters. The molecule has 0 radical (unpaired) electrons. The molecule has 0 spiro atoms. The first-order chi connectivity index (χ1) is 15.2. The van der Waals surface area contributed by atoms with Crippen LogP contribution in [0.2, 0.25) is 0 Å². The molecule has 3 rings (SSSR count). The number of benzene rings is 1. The summed E-state index contributed by atoms with van der Waals surface area (Å²) >= 11 is 0. The highest BCUT2D eigenvalue weighted by molar-refractivity contribution is 7.89. The van der Waals surface area contributed by atoms with E-state index < -0.39 is 28.0 Å². The molecule has 1 amide bonds. The molecule has 11 heteroatoms. The van der Waals surface area contributed by atoms with Gasteiger partial charge in [0.05, 0.1) is 23.8 Å². The minimum atomic E-state index is -3.61. The third-order valence-corrected chi connectivity index (χ3v) is 7.08. The number of hydrogen-bond donors (Lipinski definition) is 1. The normalized spacial score (nSPS) is 15.8. The van der Waals surface area contributed by atoms with E-state index in [2.05, 4.69) is 10.5 Å². The smallest absolute Gasteiger partial charge is 0.306 e. The van der Waals surface area contributed by atoms with Crippen molar-refractivity contribution in [2.45, 2.75) is 44.6 Å². The minimum Gasteiger partial charge on any atom is -0.453 e. The maximum Gasteiger partial charge on any atom is 0.306 e. The van der Waals surface area contributed by atoms with Gasteiger partial charge in [-0.3, -0.25) is 9.59 Å². The van der Waals surface area contributed by atoms with E-state index in [0.717, 1.165) is 11.3 Å². The van der Waals surface area contributed by atoms with Gasteiger partial charge in [-0.2, -0.15) is 4.31 Å². The zero-order valence-electron chi connectivity index (χ0n) is 18.3. The van der Waals surface area contributed by atoms with Crippen molar-refractivity contribution in [2.24, 2.45) is 0 Å². The van der Waals surface area contributed by atoms with E-state index in [1.165, 1.54) is 35.5 Å². The fourth-order valence-electron chi connectivity index (χ4n) is 3.29. The highest BCUT2D eigenvalue weighted by Crippen LogP contribution is 2.20. The standard InChI is InChI=1S/C21H27N3O7S/c1-14-19(15(2)31-23-14)8-9-20(25)30-16(3)21(26)22-17-4-6-18(7-5-17)32(27,28)24-10-12-29-13-11-24/h4-7,16H,8-13H2,1-3H3,(H,22,26)/t16-/m0/s1. The summed E-state index contributed by atoms with van der Waals surface area (Å²) in [7, 11) is -3.61. The summed E-state index contributed by atoms with van der Waals surface area (Å²) in [5, 5.41) is 6.46. The molecule has 2 heterocycles. The van der Waals surface area contributed by atoms with Crippen molar-refractivity contribution in [1.82, 2.24) is 9.46 Å².